The van der Waals surface area contributed by atoms with Crippen molar-refractivity contribution in [3.8, 4) is 11.5 Å². The molecule has 2 unspecified atom stereocenters. The molecular weight excluding hydrogens is 588 g/mol. The lowest BCUT2D eigenvalue weighted by molar-refractivity contribution is -0.425. The Kier molecular flexibility index (Phi) is 7.29. The van der Waals surface area contributed by atoms with Crippen molar-refractivity contribution in [2.75, 3.05) is 13.7 Å². The van der Waals surface area contributed by atoms with Crippen LogP contribution in [0.1, 0.15) is 51.2 Å². The molecule has 2 aromatic rings. The summed E-state index contributed by atoms with van der Waals surface area (Å²) in [4.78, 5) is 26.9. The maximum atomic E-state index is 13.8. The Bertz CT molecular complexity index is 1620. The van der Waals surface area contributed by atoms with Crippen molar-refractivity contribution < 1.29 is 43.5 Å². The number of ketones is 1. The summed E-state index contributed by atoms with van der Waals surface area (Å²) in [6.07, 6.45) is 2.96. The number of phenols is 1. The van der Waals surface area contributed by atoms with Crippen molar-refractivity contribution >= 4 is 11.8 Å². The molecule has 0 aromatic heterocycles. The SMILES string of the molecule is C=C(C)[C@]12C[C@@H](C)[C@@]34O[C@](Cc5ccccc5)(O[C@@H]1C3CC(COC(=O)Cc1ccc(O)c(OC)c1)C[C@]1(O)C(=O)C(C)=C[C@@H]41)O2. The van der Waals surface area contributed by atoms with Gasteiger partial charge in [-0.25, -0.2) is 0 Å². The molecule has 0 radical (unpaired) electrons. The summed E-state index contributed by atoms with van der Waals surface area (Å²) in [6, 6.07) is 14.6. The summed E-state index contributed by atoms with van der Waals surface area (Å²) < 4.78 is 32.0. The van der Waals surface area contributed by atoms with Gasteiger partial charge < -0.3 is 33.9 Å². The molecule has 4 fully saturated rings. The summed E-state index contributed by atoms with van der Waals surface area (Å²) in [6.45, 7) is 10.2. The summed E-state index contributed by atoms with van der Waals surface area (Å²) >= 11 is 0. The Morgan fingerprint density at radius 2 is 1.87 bits per heavy atom. The third-order valence-electron chi connectivity index (χ3n) is 11.2. The molecule has 244 valence electrons. The first-order valence-electron chi connectivity index (χ1n) is 16.1. The van der Waals surface area contributed by atoms with Crippen LogP contribution < -0.4 is 4.74 Å². The predicted molar refractivity (Wildman–Crippen MR) is 167 cm³/mol. The quantitative estimate of drug-likeness (QED) is 0.312. The van der Waals surface area contributed by atoms with E-state index in [1.54, 1.807) is 19.1 Å². The number of rotatable bonds is 8. The van der Waals surface area contributed by atoms with Crippen LogP contribution in [-0.2, 0) is 41.4 Å². The van der Waals surface area contributed by atoms with Crippen molar-refractivity contribution in [3.05, 3.63) is 83.5 Å². The summed E-state index contributed by atoms with van der Waals surface area (Å²) in [7, 11) is 1.44. The molecular formula is C37H42O9. The number of phenolic OH excluding ortho intramolecular Hbond substituents is 1. The number of ether oxygens (including phenoxy) is 5. The van der Waals surface area contributed by atoms with Crippen LogP contribution in [-0.4, -0.2) is 64.6 Å². The molecule has 2 N–H and O–H groups in total. The molecule has 5 aliphatic rings. The first-order valence-corrected chi connectivity index (χ1v) is 16.1. The average molecular weight is 631 g/mol. The Balaban J connectivity index is 1.23. The van der Waals surface area contributed by atoms with Gasteiger partial charge in [-0.15, -0.1) is 0 Å². The number of carbonyl (C=O) groups excluding carboxylic acids is 2. The van der Waals surface area contributed by atoms with Gasteiger partial charge in [0.25, 0.3) is 5.97 Å². The van der Waals surface area contributed by atoms with E-state index < -0.39 is 40.8 Å². The number of aromatic hydroxyl groups is 1. The first kappa shape index (κ1) is 31.1. The van der Waals surface area contributed by atoms with Crippen LogP contribution in [0.3, 0.4) is 0 Å². The van der Waals surface area contributed by atoms with E-state index in [0.29, 0.717) is 30.4 Å². The Morgan fingerprint density at radius 3 is 2.59 bits per heavy atom. The number of hydrogen-bond donors (Lipinski definition) is 2. The molecule has 2 saturated heterocycles. The molecule has 0 amide bonds. The second-order valence-electron chi connectivity index (χ2n) is 14.1. The normalized spacial score (nSPS) is 38.8. The van der Waals surface area contributed by atoms with Gasteiger partial charge in [-0.05, 0) is 79.4 Å². The average Bonchev–Trinajstić information content (AvgIpc) is 3.32. The lowest BCUT2D eigenvalue weighted by Gasteiger charge is -2.59. The number of Topliss-reactive ketones (excluding diaryl/α,β-unsaturated/α-hetero) is 1. The van der Waals surface area contributed by atoms with E-state index in [9.17, 15) is 19.8 Å². The number of methoxy groups -OCH3 is 1. The van der Waals surface area contributed by atoms with Gasteiger partial charge in [-0.3, -0.25) is 9.59 Å². The minimum Gasteiger partial charge on any atom is -0.504 e. The van der Waals surface area contributed by atoms with Crippen molar-refractivity contribution in [1.82, 2.24) is 0 Å². The Morgan fingerprint density at radius 1 is 1.11 bits per heavy atom. The highest BCUT2D eigenvalue weighted by Gasteiger charge is 2.79. The third kappa shape index (κ3) is 4.50. The minimum atomic E-state index is -1.73. The van der Waals surface area contributed by atoms with Crippen LogP contribution in [0.25, 0.3) is 0 Å². The van der Waals surface area contributed by atoms with Crippen LogP contribution in [0.2, 0.25) is 0 Å². The molecule has 2 saturated carbocycles. The van der Waals surface area contributed by atoms with Crippen molar-refractivity contribution in [2.45, 2.75) is 81.8 Å². The number of esters is 1. The second-order valence-corrected chi connectivity index (χ2v) is 14.1. The maximum Gasteiger partial charge on any atom is 0.310 e. The van der Waals surface area contributed by atoms with Crippen LogP contribution >= 0.6 is 0 Å². The van der Waals surface area contributed by atoms with E-state index in [-0.39, 0.29) is 54.5 Å². The fourth-order valence-corrected chi connectivity index (χ4v) is 9.23. The first-order chi connectivity index (χ1) is 21.9. The predicted octanol–water partition coefficient (Wildman–Crippen LogP) is 4.82. The van der Waals surface area contributed by atoms with Gasteiger partial charge in [0.05, 0.1) is 32.2 Å². The smallest absolute Gasteiger partial charge is 0.310 e. The molecule has 2 heterocycles. The lowest BCUT2D eigenvalue weighted by Crippen LogP contribution is -2.70. The number of benzene rings is 2. The maximum absolute atomic E-state index is 13.8. The number of hydrogen-bond acceptors (Lipinski definition) is 9. The van der Waals surface area contributed by atoms with Gasteiger partial charge in [-0.2, -0.15) is 0 Å². The van der Waals surface area contributed by atoms with Gasteiger partial charge in [0.1, 0.15) is 17.3 Å². The van der Waals surface area contributed by atoms with Crippen LogP contribution in [0, 0.1) is 23.7 Å². The van der Waals surface area contributed by atoms with Crippen molar-refractivity contribution in [1.29, 1.82) is 0 Å². The number of aliphatic hydroxyl groups is 1. The highest BCUT2D eigenvalue weighted by atomic mass is 16.9. The molecule has 2 aromatic carbocycles. The zero-order valence-electron chi connectivity index (χ0n) is 26.8. The fraction of sp³-hybridized carbons (Fsp3) is 0.514. The number of fused-ring (bicyclic) bond motifs is 2. The van der Waals surface area contributed by atoms with Crippen molar-refractivity contribution in [2.24, 2.45) is 23.7 Å². The molecule has 9 heteroatoms. The highest BCUT2D eigenvalue weighted by Crippen LogP contribution is 2.69. The minimum absolute atomic E-state index is 0.0131. The molecule has 9 atom stereocenters. The van der Waals surface area contributed by atoms with Crippen LogP contribution in [0.5, 0.6) is 11.5 Å². The summed E-state index contributed by atoms with van der Waals surface area (Å²) in [5.41, 5.74) is -0.564. The van der Waals surface area contributed by atoms with Gasteiger partial charge in [-0.1, -0.05) is 56.0 Å². The molecule has 3 bridgehead atoms. The van der Waals surface area contributed by atoms with E-state index in [1.807, 2.05) is 43.3 Å². The van der Waals surface area contributed by atoms with E-state index in [2.05, 4.69) is 13.5 Å². The molecule has 0 spiro atoms. The summed E-state index contributed by atoms with van der Waals surface area (Å²) in [5, 5.41) is 22.4. The molecule has 7 rings (SSSR count). The van der Waals surface area contributed by atoms with Crippen molar-refractivity contribution in [3.63, 3.8) is 0 Å². The molecule has 46 heavy (non-hydrogen) atoms. The lowest BCUT2D eigenvalue weighted by atomic mass is 9.54. The van der Waals surface area contributed by atoms with Crippen LogP contribution in [0.15, 0.2) is 72.3 Å². The van der Waals surface area contributed by atoms with E-state index in [0.717, 1.165) is 11.1 Å². The van der Waals surface area contributed by atoms with E-state index >= 15 is 0 Å². The van der Waals surface area contributed by atoms with Gasteiger partial charge in [0.2, 0.25) is 0 Å². The Labute approximate surface area is 269 Å². The number of carbonyl (C=O) groups is 2. The van der Waals surface area contributed by atoms with E-state index in [1.165, 1.54) is 13.2 Å². The zero-order valence-corrected chi connectivity index (χ0v) is 26.8. The standard InChI is InChI=1S/C37H42O9/c1-21(2)35-17-23(4)37-27(33(35)44-36(45-35,46-37)19-24-9-7-6-8-10-24)14-26(18-34(41)30(37)13-22(3)32(34)40)20-43-31(39)16-25-11-12-28(38)29(15-25)42-5/h6-13,15,23,26-27,30,33,38,41H,1,14,16-20H2,2-5H3/t23-,26?,27?,30-,33-,34-,35-,36-,37-/m1/s1. The second kappa shape index (κ2) is 10.8. The van der Waals surface area contributed by atoms with Gasteiger partial charge in [0, 0.05) is 11.8 Å². The fourth-order valence-electron chi connectivity index (χ4n) is 9.23. The Hall–Kier alpha value is -3.50. The third-order valence-corrected chi connectivity index (χ3v) is 11.2. The zero-order chi connectivity index (χ0) is 32.6. The van der Waals surface area contributed by atoms with Crippen LogP contribution in [0.4, 0.5) is 0 Å². The van der Waals surface area contributed by atoms with Gasteiger partial charge in [0.15, 0.2) is 17.3 Å². The molecule has 9 nitrogen and oxygen atoms in total. The highest BCUT2D eigenvalue weighted by molar-refractivity contribution is 6.04. The van der Waals surface area contributed by atoms with E-state index in [4.69, 9.17) is 23.7 Å². The largest absolute Gasteiger partial charge is 0.504 e. The monoisotopic (exact) mass is 630 g/mol. The molecule has 2 aliphatic heterocycles. The van der Waals surface area contributed by atoms with Gasteiger partial charge >= 0.3 is 5.97 Å². The summed E-state index contributed by atoms with van der Waals surface area (Å²) in [5.74, 6) is -3.34. The molecule has 3 aliphatic carbocycles. The topological polar surface area (TPSA) is 121 Å².